The molecule has 5 heteroatoms. The van der Waals surface area contributed by atoms with E-state index in [-0.39, 0.29) is 0 Å². The van der Waals surface area contributed by atoms with Crippen LogP contribution >= 0.6 is 11.6 Å². The van der Waals surface area contributed by atoms with Crippen LogP contribution in [0.15, 0.2) is 18.2 Å². The molecule has 1 amide bonds. The second-order valence-corrected chi connectivity index (χ2v) is 3.35. The molecule has 15 heavy (non-hydrogen) atoms. The molecule has 2 N–H and O–H groups in total. The van der Waals surface area contributed by atoms with Gasteiger partial charge >= 0.3 is 0 Å². The Kier molecular flexibility index (Phi) is 3.80. The van der Waals surface area contributed by atoms with E-state index in [9.17, 15) is 4.79 Å². The van der Waals surface area contributed by atoms with Crippen LogP contribution in [0.3, 0.4) is 0 Å². The van der Waals surface area contributed by atoms with E-state index in [4.69, 9.17) is 26.8 Å². The van der Waals surface area contributed by atoms with Crippen LogP contribution < -0.4 is 15.2 Å². The fraction of sp³-hybridized carbons (Fsp3) is 0.300. The van der Waals surface area contributed by atoms with Crippen molar-refractivity contribution in [1.82, 2.24) is 0 Å². The predicted molar refractivity (Wildman–Crippen MR) is 57.3 cm³/mol. The first-order valence-corrected chi connectivity index (χ1v) is 4.68. The Morgan fingerprint density at radius 3 is 2.07 bits per heavy atom. The maximum Gasteiger partial charge on any atom is 0.240 e. The van der Waals surface area contributed by atoms with Crippen molar-refractivity contribution in [3.05, 3.63) is 23.8 Å². The van der Waals surface area contributed by atoms with Gasteiger partial charge in [0.25, 0.3) is 0 Å². The number of ether oxygens (including phenoxy) is 2. The topological polar surface area (TPSA) is 61.6 Å². The summed E-state index contributed by atoms with van der Waals surface area (Å²) in [5.41, 5.74) is 5.65. The second kappa shape index (κ2) is 4.89. The number of benzene rings is 1. The minimum Gasteiger partial charge on any atom is -0.497 e. The molecule has 0 bridgehead atoms. The third-order valence-corrected chi connectivity index (χ3v) is 2.38. The molecule has 0 aliphatic carbocycles. The molecule has 4 nitrogen and oxygen atoms in total. The average Bonchev–Trinajstić information content (AvgIpc) is 2.27. The monoisotopic (exact) mass is 229 g/mol. The van der Waals surface area contributed by atoms with Crippen molar-refractivity contribution in [2.75, 3.05) is 14.2 Å². The normalized spacial score (nSPS) is 11.9. The third-order valence-electron chi connectivity index (χ3n) is 1.92. The van der Waals surface area contributed by atoms with E-state index >= 15 is 0 Å². The Labute approximate surface area is 92.9 Å². The summed E-state index contributed by atoms with van der Waals surface area (Å²) in [6.07, 6.45) is 0. The van der Waals surface area contributed by atoms with Gasteiger partial charge < -0.3 is 15.2 Å². The molecule has 0 saturated carbocycles. The quantitative estimate of drug-likeness (QED) is 0.796. The summed E-state index contributed by atoms with van der Waals surface area (Å²) in [5.74, 6) is 0.527. The van der Waals surface area contributed by atoms with Crippen LogP contribution in [0.25, 0.3) is 0 Å². The molecular weight excluding hydrogens is 218 g/mol. The number of carbonyl (C=O) groups excluding carboxylic acids is 1. The van der Waals surface area contributed by atoms with Gasteiger partial charge in [-0.2, -0.15) is 0 Å². The number of rotatable bonds is 4. The Morgan fingerprint density at radius 2 is 1.73 bits per heavy atom. The standard InChI is InChI=1S/C10H12ClNO3/c1-14-7-3-6(9(11)10(12)13)4-8(5-7)15-2/h3-5,9H,1-2H3,(H2,12,13). The number of hydrogen-bond donors (Lipinski definition) is 1. The van der Waals surface area contributed by atoms with E-state index in [1.807, 2.05) is 0 Å². The molecule has 1 rings (SSSR count). The highest BCUT2D eigenvalue weighted by Gasteiger charge is 2.16. The molecule has 82 valence electrons. The molecule has 0 heterocycles. The highest BCUT2D eigenvalue weighted by molar-refractivity contribution is 6.30. The minimum absolute atomic E-state index is 0.556. The molecule has 1 unspecified atom stereocenters. The Balaban J connectivity index is 3.11. The molecule has 1 atom stereocenters. The number of primary amides is 1. The van der Waals surface area contributed by atoms with Crippen molar-refractivity contribution in [1.29, 1.82) is 0 Å². The van der Waals surface area contributed by atoms with Crippen LogP contribution in [0.4, 0.5) is 0 Å². The summed E-state index contributed by atoms with van der Waals surface area (Å²) in [5, 5.41) is -0.881. The van der Waals surface area contributed by atoms with E-state index < -0.39 is 11.3 Å². The lowest BCUT2D eigenvalue weighted by molar-refractivity contribution is -0.117. The summed E-state index contributed by atoms with van der Waals surface area (Å²) >= 11 is 5.81. The van der Waals surface area contributed by atoms with Gasteiger partial charge in [-0.25, -0.2) is 0 Å². The molecule has 0 fully saturated rings. The second-order valence-electron chi connectivity index (χ2n) is 2.91. The first kappa shape index (κ1) is 11.7. The average molecular weight is 230 g/mol. The summed E-state index contributed by atoms with van der Waals surface area (Å²) in [7, 11) is 3.04. The summed E-state index contributed by atoms with van der Waals surface area (Å²) < 4.78 is 10.1. The van der Waals surface area contributed by atoms with Crippen LogP contribution in [0.5, 0.6) is 11.5 Å². The SMILES string of the molecule is COc1cc(OC)cc(C(Cl)C(N)=O)c1. The van der Waals surface area contributed by atoms with Crippen molar-refractivity contribution >= 4 is 17.5 Å². The van der Waals surface area contributed by atoms with Gasteiger partial charge in [0.2, 0.25) is 5.91 Å². The Bertz CT molecular complexity index is 345. The van der Waals surface area contributed by atoms with Gasteiger partial charge in [0, 0.05) is 6.07 Å². The number of amides is 1. The van der Waals surface area contributed by atoms with Gasteiger partial charge in [-0.05, 0) is 17.7 Å². The lowest BCUT2D eigenvalue weighted by Crippen LogP contribution is -2.17. The fourth-order valence-electron chi connectivity index (χ4n) is 1.14. The van der Waals surface area contributed by atoms with Crippen LogP contribution in [0.2, 0.25) is 0 Å². The van der Waals surface area contributed by atoms with Gasteiger partial charge in [-0.3, -0.25) is 4.79 Å². The fourth-order valence-corrected chi connectivity index (χ4v) is 1.27. The molecule has 0 aliphatic heterocycles. The molecular formula is C10H12ClNO3. The predicted octanol–water partition coefficient (Wildman–Crippen LogP) is 1.47. The summed E-state index contributed by atoms with van der Waals surface area (Å²) in [6, 6.07) is 4.98. The third kappa shape index (κ3) is 2.76. The van der Waals surface area contributed by atoms with Gasteiger partial charge in [-0.1, -0.05) is 0 Å². The van der Waals surface area contributed by atoms with Crippen LogP contribution in [-0.4, -0.2) is 20.1 Å². The van der Waals surface area contributed by atoms with Crippen LogP contribution in [0.1, 0.15) is 10.9 Å². The molecule has 0 saturated heterocycles. The van der Waals surface area contributed by atoms with Gasteiger partial charge in [0.1, 0.15) is 16.9 Å². The van der Waals surface area contributed by atoms with E-state index in [2.05, 4.69) is 0 Å². The zero-order valence-corrected chi connectivity index (χ0v) is 9.25. The van der Waals surface area contributed by atoms with E-state index in [1.165, 1.54) is 14.2 Å². The first-order chi connectivity index (χ1) is 7.08. The van der Waals surface area contributed by atoms with Gasteiger partial charge in [-0.15, -0.1) is 11.6 Å². The zero-order chi connectivity index (χ0) is 11.4. The molecule has 0 spiro atoms. The van der Waals surface area contributed by atoms with E-state index in [1.54, 1.807) is 18.2 Å². The number of methoxy groups -OCH3 is 2. The van der Waals surface area contributed by atoms with Crippen molar-refractivity contribution in [2.45, 2.75) is 5.38 Å². The van der Waals surface area contributed by atoms with Gasteiger partial charge in [0.05, 0.1) is 14.2 Å². The molecule has 0 aliphatic rings. The Morgan fingerprint density at radius 1 is 1.27 bits per heavy atom. The van der Waals surface area contributed by atoms with Crippen molar-refractivity contribution < 1.29 is 14.3 Å². The van der Waals surface area contributed by atoms with E-state index in [0.717, 1.165) is 0 Å². The molecule has 0 aromatic heterocycles. The number of nitrogens with two attached hydrogens (primary N) is 1. The van der Waals surface area contributed by atoms with Crippen molar-refractivity contribution in [2.24, 2.45) is 5.73 Å². The minimum atomic E-state index is -0.881. The highest BCUT2D eigenvalue weighted by atomic mass is 35.5. The van der Waals surface area contributed by atoms with Crippen LogP contribution in [0, 0.1) is 0 Å². The zero-order valence-electron chi connectivity index (χ0n) is 8.49. The maximum atomic E-state index is 10.9. The molecule has 1 aromatic rings. The van der Waals surface area contributed by atoms with Crippen LogP contribution in [-0.2, 0) is 4.79 Å². The number of alkyl halides is 1. The first-order valence-electron chi connectivity index (χ1n) is 4.25. The number of halogens is 1. The molecule has 1 aromatic carbocycles. The lowest BCUT2D eigenvalue weighted by atomic mass is 10.1. The van der Waals surface area contributed by atoms with E-state index in [0.29, 0.717) is 17.1 Å². The van der Waals surface area contributed by atoms with Crippen molar-refractivity contribution in [3.63, 3.8) is 0 Å². The Hall–Kier alpha value is -1.42. The number of carbonyl (C=O) groups is 1. The smallest absolute Gasteiger partial charge is 0.240 e. The van der Waals surface area contributed by atoms with Crippen molar-refractivity contribution in [3.8, 4) is 11.5 Å². The lowest BCUT2D eigenvalue weighted by Gasteiger charge is -2.10. The number of hydrogen-bond acceptors (Lipinski definition) is 3. The largest absolute Gasteiger partial charge is 0.497 e. The summed E-state index contributed by atoms with van der Waals surface area (Å²) in [6.45, 7) is 0. The maximum absolute atomic E-state index is 10.9. The highest BCUT2D eigenvalue weighted by Crippen LogP contribution is 2.29. The summed E-state index contributed by atoms with van der Waals surface area (Å²) in [4.78, 5) is 10.9. The molecule has 0 radical (unpaired) electrons. The van der Waals surface area contributed by atoms with Gasteiger partial charge in [0.15, 0.2) is 0 Å².